The summed E-state index contributed by atoms with van der Waals surface area (Å²) >= 11 is 0. The molecule has 4 rings (SSSR count). The molecule has 224 valence electrons. The Morgan fingerprint density at radius 1 is 1.00 bits per heavy atom. The van der Waals surface area contributed by atoms with E-state index in [4.69, 9.17) is 23.9 Å². The maximum absolute atomic E-state index is 13.5. The number of nitrogens with one attached hydrogen (secondary N) is 1. The molecule has 1 heterocycles. The number of hydrogen-bond acceptors (Lipinski definition) is 8. The lowest BCUT2D eigenvalue weighted by molar-refractivity contribution is -0.159. The highest BCUT2D eigenvalue weighted by Crippen LogP contribution is 2.39. The summed E-state index contributed by atoms with van der Waals surface area (Å²) in [5.74, 6) is -1.57. The SMILES string of the molecule is CCC[C@H](NC(=O)[C@@H]1C[C@@H](Oc2cc(-c3ccccc3)nc3cc(OC)ccc23)C[C@H]1C(=O)OC)C(=O)OC(C)(C)C. The van der Waals surface area contributed by atoms with Crippen molar-refractivity contribution in [2.75, 3.05) is 14.2 Å². The normalized spacial score (nSPS) is 19.1. The molecule has 0 radical (unpaired) electrons. The Bertz CT molecular complexity index is 1420. The van der Waals surface area contributed by atoms with Gasteiger partial charge in [-0.15, -0.1) is 0 Å². The van der Waals surface area contributed by atoms with E-state index in [0.29, 0.717) is 29.9 Å². The van der Waals surface area contributed by atoms with E-state index in [1.54, 1.807) is 27.9 Å². The molecule has 2 aromatic carbocycles. The highest BCUT2D eigenvalue weighted by Gasteiger charge is 2.45. The molecule has 3 aromatic rings. The average Bonchev–Trinajstić information content (AvgIpc) is 3.39. The van der Waals surface area contributed by atoms with Crippen molar-refractivity contribution >= 4 is 28.7 Å². The van der Waals surface area contributed by atoms with Crippen LogP contribution in [0, 0.1) is 11.8 Å². The topological polar surface area (TPSA) is 113 Å². The number of nitrogens with zero attached hydrogens (tertiary/aromatic N) is 1. The Morgan fingerprint density at radius 3 is 2.36 bits per heavy atom. The Hall–Kier alpha value is -4.14. The first-order valence-electron chi connectivity index (χ1n) is 14.3. The van der Waals surface area contributed by atoms with Gasteiger partial charge in [-0.25, -0.2) is 9.78 Å². The molecule has 4 atom stereocenters. The zero-order chi connectivity index (χ0) is 30.4. The van der Waals surface area contributed by atoms with Crippen LogP contribution in [0.2, 0.25) is 0 Å². The molecule has 42 heavy (non-hydrogen) atoms. The van der Waals surface area contributed by atoms with Gasteiger partial charge in [0.1, 0.15) is 29.2 Å². The third kappa shape index (κ3) is 7.38. The zero-order valence-corrected chi connectivity index (χ0v) is 25.1. The number of benzene rings is 2. The molecule has 9 heteroatoms. The van der Waals surface area contributed by atoms with Crippen molar-refractivity contribution in [2.45, 2.75) is 71.1 Å². The van der Waals surface area contributed by atoms with E-state index in [1.807, 2.05) is 61.5 Å². The van der Waals surface area contributed by atoms with Gasteiger partial charge >= 0.3 is 11.9 Å². The molecular formula is C33H40N2O7. The van der Waals surface area contributed by atoms with E-state index >= 15 is 0 Å². The molecule has 1 fully saturated rings. The fourth-order valence-corrected chi connectivity index (χ4v) is 5.32. The third-order valence-corrected chi connectivity index (χ3v) is 7.29. The lowest BCUT2D eigenvalue weighted by atomic mass is 9.94. The monoisotopic (exact) mass is 576 g/mol. The lowest BCUT2D eigenvalue weighted by Gasteiger charge is -2.26. The largest absolute Gasteiger partial charge is 0.497 e. The predicted molar refractivity (Wildman–Crippen MR) is 159 cm³/mol. The molecule has 9 nitrogen and oxygen atoms in total. The van der Waals surface area contributed by atoms with Crippen molar-refractivity contribution in [1.82, 2.24) is 10.3 Å². The Kier molecular flexibility index (Phi) is 9.70. The van der Waals surface area contributed by atoms with Crippen LogP contribution in [0.25, 0.3) is 22.2 Å². The third-order valence-electron chi connectivity index (χ3n) is 7.29. The number of amides is 1. The summed E-state index contributed by atoms with van der Waals surface area (Å²) in [6, 6.07) is 16.4. The minimum Gasteiger partial charge on any atom is -0.497 e. The number of carbonyl (C=O) groups is 3. The minimum atomic E-state index is -0.812. The van der Waals surface area contributed by atoms with Crippen molar-refractivity contribution < 1.29 is 33.3 Å². The molecule has 1 aliphatic carbocycles. The van der Waals surface area contributed by atoms with Crippen molar-refractivity contribution in [2.24, 2.45) is 11.8 Å². The fraction of sp³-hybridized carbons (Fsp3) is 0.455. The summed E-state index contributed by atoms with van der Waals surface area (Å²) in [4.78, 5) is 44.0. The summed E-state index contributed by atoms with van der Waals surface area (Å²) in [6.07, 6.45) is 1.21. The van der Waals surface area contributed by atoms with Crippen LogP contribution in [0.4, 0.5) is 0 Å². The maximum Gasteiger partial charge on any atom is 0.329 e. The molecule has 0 unspecified atom stereocenters. The van der Waals surface area contributed by atoms with Crippen LogP contribution in [0.15, 0.2) is 54.6 Å². The number of rotatable bonds is 10. The van der Waals surface area contributed by atoms with Gasteiger partial charge in [-0.2, -0.15) is 0 Å². The van der Waals surface area contributed by atoms with Gasteiger partial charge in [-0.1, -0.05) is 43.7 Å². The van der Waals surface area contributed by atoms with Gasteiger partial charge in [-0.05, 0) is 52.2 Å². The van der Waals surface area contributed by atoms with Crippen LogP contribution in [0.3, 0.4) is 0 Å². The van der Waals surface area contributed by atoms with Gasteiger partial charge in [0.25, 0.3) is 0 Å². The number of aromatic nitrogens is 1. The van der Waals surface area contributed by atoms with Crippen molar-refractivity contribution in [3.8, 4) is 22.8 Å². The number of pyridine rings is 1. The highest BCUT2D eigenvalue weighted by atomic mass is 16.6. The second-order valence-electron chi connectivity index (χ2n) is 11.6. The van der Waals surface area contributed by atoms with Crippen LogP contribution < -0.4 is 14.8 Å². The average molecular weight is 577 g/mol. The van der Waals surface area contributed by atoms with Crippen LogP contribution >= 0.6 is 0 Å². The van der Waals surface area contributed by atoms with Gasteiger partial charge in [0.05, 0.1) is 37.3 Å². The molecule has 0 aliphatic heterocycles. The van der Waals surface area contributed by atoms with Crippen molar-refractivity contribution in [1.29, 1.82) is 0 Å². The first-order chi connectivity index (χ1) is 20.0. The highest BCUT2D eigenvalue weighted by molar-refractivity contribution is 5.90. The fourth-order valence-electron chi connectivity index (χ4n) is 5.32. The van der Waals surface area contributed by atoms with Crippen LogP contribution in [-0.4, -0.2) is 54.8 Å². The predicted octanol–water partition coefficient (Wildman–Crippen LogP) is 5.48. The number of fused-ring (bicyclic) bond motifs is 1. The van der Waals surface area contributed by atoms with Gasteiger partial charge in [0.2, 0.25) is 5.91 Å². The van der Waals surface area contributed by atoms with Gasteiger partial charge in [0, 0.05) is 23.1 Å². The maximum atomic E-state index is 13.5. The number of methoxy groups -OCH3 is 2. The van der Waals surface area contributed by atoms with E-state index in [0.717, 1.165) is 16.6 Å². The standard InChI is InChI=1S/C33H40N2O7/c1-7-11-26(32(38)42-33(2,3)4)35-30(36)24-16-22(17-25(24)31(37)40-6)41-29-19-27(20-12-9-8-10-13-20)34-28-18-21(39-5)14-15-23(28)29/h8-10,12-15,18-19,22,24-26H,7,11,16-17H2,1-6H3,(H,35,36)/t22-,24-,25-,26+/m1/s1. The first kappa shape index (κ1) is 30.8. The lowest BCUT2D eigenvalue weighted by Crippen LogP contribution is -2.47. The van der Waals surface area contributed by atoms with Crippen LogP contribution in [0.1, 0.15) is 53.4 Å². The van der Waals surface area contributed by atoms with E-state index in [-0.39, 0.29) is 12.8 Å². The smallest absolute Gasteiger partial charge is 0.329 e. The molecule has 1 saturated carbocycles. The Morgan fingerprint density at radius 2 is 1.71 bits per heavy atom. The van der Waals surface area contributed by atoms with Crippen molar-refractivity contribution in [3.05, 3.63) is 54.6 Å². The Balaban J connectivity index is 1.61. The van der Waals surface area contributed by atoms with Crippen molar-refractivity contribution in [3.63, 3.8) is 0 Å². The molecule has 1 N–H and O–H groups in total. The van der Waals surface area contributed by atoms with E-state index < -0.39 is 47.4 Å². The first-order valence-corrected chi connectivity index (χ1v) is 14.3. The minimum absolute atomic E-state index is 0.277. The summed E-state index contributed by atoms with van der Waals surface area (Å²) in [5.41, 5.74) is 1.66. The molecule has 1 aliphatic rings. The zero-order valence-electron chi connectivity index (χ0n) is 25.1. The molecule has 1 amide bonds. The second kappa shape index (κ2) is 13.2. The van der Waals surface area contributed by atoms with Gasteiger partial charge in [-0.3, -0.25) is 9.59 Å². The molecule has 0 spiro atoms. The second-order valence-corrected chi connectivity index (χ2v) is 11.6. The van der Waals surface area contributed by atoms with E-state index in [9.17, 15) is 14.4 Å². The number of esters is 2. The molecular weight excluding hydrogens is 536 g/mol. The van der Waals surface area contributed by atoms with E-state index in [1.165, 1.54) is 7.11 Å². The van der Waals surface area contributed by atoms with Gasteiger partial charge in [0.15, 0.2) is 0 Å². The van der Waals surface area contributed by atoms with Crippen LogP contribution in [-0.2, 0) is 23.9 Å². The molecule has 1 aromatic heterocycles. The Labute approximate surface area is 246 Å². The summed E-state index contributed by atoms with van der Waals surface area (Å²) in [6.45, 7) is 7.27. The summed E-state index contributed by atoms with van der Waals surface area (Å²) in [7, 11) is 2.91. The van der Waals surface area contributed by atoms with E-state index in [2.05, 4.69) is 5.32 Å². The summed E-state index contributed by atoms with van der Waals surface area (Å²) < 4.78 is 22.5. The number of hydrogen-bond donors (Lipinski definition) is 1. The number of carbonyl (C=O) groups excluding carboxylic acids is 3. The van der Waals surface area contributed by atoms with Crippen LogP contribution in [0.5, 0.6) is 11.5 Å². The van der Waals surface area contributed by atoms with Gasteiger partial charge < -0.3 is 24.3 Å². The molecule has 0 bridgehead atoms. The molecule has 0 saturated heterocycles. The number of ether oxygens (including phenoxy) is 4. The summed E-state index contributed by atoms with van der Waals surface area (Å²) in [5, 5.41) is 3.63. The quantitative estimate of drug-likeness (QED) is 0.316.